The molecule has 0 aliphatic carbocycles. The Labute approximate surface area is 144 Å². The molecule has 25 heavy (non-hydrogen) atoms. The summed E-state index contributed by atoms with van der Waals surface area (Å²) in [5.74, 6) is -0.260. The fourth-order valence-electron chi connectivity index (χ4n) is 3.03. The third kappa shape index (κ3) is 3.10. The molecule has 0 radical (unpaired) electrons. The highest BCUT2D eigenvalue weighted by atomic mass is 16.4. The standard InChI is InChI=1S/C19H17N3O3/c23-19(24)15-5-3-4-14(12-15)18-21-20-17(25-18)13-6-8-16(9-7-13)22-10-1-2-11-22/h3-9,12H,1-2,10-11H2,(H,23,24). The topological polar surface area (TPSA) is 79.5 Å². The van der Waals surface area contributed by atoms with Crippen LogP contribution in [0.15, 0.2) is 52.9 Å². The molecule has 4 rings (SSSR count). The third-order valence-electron chi connectivity index (χ3n) is 4.37. The number of nitrogens with zero attached hydrogens (tertiary/aromatic N) is 3. The Morgan fingerprint density at radius 1 is 0.960 bits per heavy atom. The first-order valence-electron chi connectivity index (χ1n) is 8.23. The highest BCUT2D eigenvalue weighted by Crippen LogP contribution is 2.27. The van der Waals surface area contributed by atoms with Gasteiger partial charge >= 0.3 is 5.97 Å². The molecular formula is C19H17N3O3. The summed E-state index contributed by atoms with van der Waals surface area (Å²) >= 11 is 0. The molecule has 6 nitrogen and oxygen atoms in total. The maximum absolute atomic E-state index is 11.1. The van der Waals surface area contributed by atoms with E-state index in [2.05, 4.69) is 27.2 Å². The van der Waals surface area contributed by atoms with E-state index in [1.54, 1.807) is 12.1 Å². The average Bonchev–Trinajstić information content (AvgIpc) is 3.34. The Balaban J connectivity index is 1.58. The molecule has 1 N–H and O–H groups in total. The van der Waals surface area contributed by atoms with Crippen molar-refractivity contribution in [2.75, 3.05) is 18.0 Å². The van der Waals surface area contributed by atoms with Gasteiger partial charge in [-0.25, -0.2) is 4.79 Å². The van der Waals surface area contributed by atoms with Crippen molar-refractivity contribution in [1.82, 2.24) is 10.2 Å². The van der Waals surface area contributed by atoms with Gasteiger partial charge in [0.2, 0.25) is 11.8 Å². The molecule has 0 bridgehead atoms. The molecule has 1 saturated heterocycles. The second-order valence-electron chi connectivity index (χ2n) is 6.04. The second kappa shape index (κ2) is 6.39. The monoisotopic (exact) mass is 335 g/mol. The summed E-state index contributed by atoms with van der Waals surface area (Å²) in [6.07, 6.45) is 2.48. The molecule has 126 valence electrons. The number of carbonyl (C=O) groups is 1. The lowest BCUT2D eigenvalue weighted by molar-refractivity contribution is 0.0697. The van der Waals surface area contributed by atoms with Crippen LogP contribution in [-0.2, 0) is 0 Å². The van der Waals surface area contributed by atoms with Gasteiger partial charge in [-0.05, 0) is 55.3 Å². The van der Waals surface area contributed by atoms with Gasteiger partial charge in [-0.1, -0.05) is 6.07 Å². The van der Waals surface area contributed by atoms with E-state index in [0.717, 1.165) is 18.7 Å². The van der Waals surface area contributed by atoms with Gasteiger partial charge < -0.3 is 14.4 Å². The number of rotatable bonds is 4. The molecule has 0 spiro atoms. The van der Waals surface area contributed by atoms with Crippen molar-refractivity contribution in [2.24, 2.45) is 0 Å². The molecule has 1 aliphatic rings. The molecule has 1 aromatic heterocycles. The van der Waals surface area contributed by atoms with Crippen LogP contribution < -0.4 is 4.90 Å². The van der Waals surface area contributed by atoms with E-state index >= 15 is 0 Å². The number of hydrogen-bond acceptors (Lipinski definition) is 5. The van der Waals surface area contributed by atoms with Crippen LogP contribution in [0.1, 0.15) is 23.2 Å². The van der Waals surface area contributed by atoms with Crippen molar-refractivity contribution in [1.29, 1.82) is 0 Å². The van der Waals surface area contributed by atoms with E-state index < -0.39 is 5.97 Å². The van der Waals surface area contributed by atoms with Gasteiger partial charge in [0.25, 0.3) is 0 Å². The van der Waals surface area contributed by atoms with E-state index in [1.165, 1.54) is 30.7 Å². The lowest BCUT2D eigenvalue weighted by atomic mass is 10.1. The van der Waals surface area contributed by atoms with E-state index in [-0.39, 0.29) is 5.56 Å². The van der Waals surface area contributed by atoms with Crippen molar-refractivity contribution in [3.63, 3.8) is 0 Å². The Bertz CT molecular complexity index is 896. The summed E-state index contributed by atoms with van der Waals surface area (Å²) in [7, 11) is 0. The van der Waals surface area contributed by atoms with Gasteiger partial charge in [0.05, 0.1) is 5.56 Å². The number of benzene rings is 2. The highest BCUT2D eigenvalue weighted by molar-refractivity contribution is 5.89. The molecule has 2 heterocycles. The smallest absolute Gasteiger partial charge is 0.335 e. The summed E-state index contributed by atoms with van der Waals surface area (Å²) in [5.41, 5.74) is 2.82. The van der Waals surface area contributed by atoms with Crippen LogP contribution in [0.4, 0.5) is 5.69 Å². The van der Waals surface area contributed by atoms with Crippen LogP contribution in [-0.4, -0.2) is 34.4 Å². The minimum Gasteiger partial charge on any atom is -0.478 e. The van der Waals surface area contributed by atoms with Gasteiger partial charge in [0.1, 0.15) is 0 Å². The van der Waals surface area contributed by atoms with Gasteiger partial charge in [0, 0.05) is 29.9 Å². The molecule has 6 heteroatoms. The van der Waals surface area contributed by atoms with Crippen LogP contribution in [0.3, 0.4) is 0 Å². The molecule has 0 unspecified atom stereocenters. The Hall–Kier alpha value is -3.15. The first-order chi connectivity index (χ1) is 12.2. The summed E-state index contributed by atoms with van der Waals surface area (Å²) in [6.45, 7) is 2.20. The minimum absolute atomic E-state index is 0.187. The maximum atomic E-state index is 11.1. The van der Waals surface area contributed by atoms with Crippen molar-refractivity contribution in [3.8, 4) is 22.9 Å². The van der Waals surface area contributed by atoms with Crippen molar-refractivity contribution < 1.29 is 14.3 Å². The third-order valence-corrected chi connectivity index (χ3v) is 4.37. The van der Waals surface area contributed by atoms with E-state index in [1.807, 2.05) is 12.1 Å². The first-order valence-corrected chi connectivity index (χ1v) is 8.23. The molecular weight excluding hydrogens is 318 g/mol. The summed E-state index contributed by atoms with van der Waals surface area (Å²) in [6, 6.07) is 14.5. The van der Waals surface area contributed by atoms with Crippen molar-refractivity contribution in [2.45, 2.75) is 12.8 Å². The van der Waals surface area contributed by atoms with Crippen LogP contribution in [0.25, 0.3) is 22.9 Å². The van der Waals surface area contributed by atoms with Crippen LogP contribution in [0, 0.1) is 0 Å². The number of anilines is 1. The zero-order valence-corrected chi connectivity index (χ0v) is 13.6. The van der Waals surface area contributed by atoms with E-state index in [4.69, 9.17) is 9.52 Å². The fraction of sp³-hybridized carbons (Fsp3) is 0.211. The van der Waals surface area contributed by atoms with Gasteiger partial charge in [-0.3, -0.25) is 0 Å². The van der Waals surface area contributed by atoms with E-state index in [9.17, 15) is 4.79 Å². The molecule has 3 aromatic rings. The number of hydrogen-bond donors (Lipinski definition) is 1. The SMILES string of the molecule is O=C(O)c1cccc(-c2nnc(-c3ccc(N4CCCC4)cc3)o2)c1. The fourth-order valence-corrected chi connectivity index (χ4v) is 3.03. The Kier molecular flexibility index (Phi) is 3.93. The molecule has 0 atom stereocenters. The van der Waals surface area contributed by atoms with Crippen LogP contribution >= 0.6 is 0 Å². The van der Waals surface area contributed by atoms with Crippen molar-refractivity contribution >= 4 is 11.7 Å². The van der Waals surface area contributed by atoms with Gasteiger partial charge in [-0.2, -0.15) is 0 Å². The first kappa shape index (κ1) is 15.4. The lowest BCUT2D eigenvalue weighted by Crippen LogP contribution is -2.17. The molecule has 2 aromatic carbocycles. The Morgan fingerprint density at radius 3 is 2.32 bits per heavy atom. The number of aromatic carboxylic acids is 1. The molecule has 0 saturated carbocycles. The Morgan fingerprint density at radius 2 is 1.64 bits per heavy atom. The van der Waals surface area contributed by atoms with Gasteiger partial charge in [-0.15, -0.1) is 10.2 Å². The average molecular weight is 335 g/mol. The molecule has 1 aliphatic heterocycles. The normalized spacial score (nSPS) is 14.0. The van der Waals surface area contributed by atoms with Crippen LogP contribution in [0.5, 0.6) is 0 Å². The predicted octanol–water partition coefficient (Wildman–Crippen LogP) is 3.70. The lowest BCUT2D eigenvalue weighted by Gasteiger charge is -2.17. The predicted molar refractivity (Wildman–Crippen MR) is 93.6 cm³/mol. The van der Waals surface area contributed by atoms with E-state index in [0.29, 0.717) is 17.3 Å². The number of carboxylic acids is 1. The van der Waals surface area contributed by atoms with Crippen molar-refractivity contribution in [3.05, 3.63) is 54.1 Å². The van der Waals surface area contributed by atoms with Crippen LogP contribution in [0.2, 0.25) is 0 Å². The summed E-state index contributed by atoms with van der Waals surface area (Å²) in [5, 5.41) is 17.2. The molecule has 1 fully saturated rings. The second-order valence-corrected chi connectivity index (χ2v) is 6.04. The largest absolute Gasteiger partial charge is 0.478 e. The number of carboxylic acid groups (broad SMARTS) is 1. The zero-order valence-electron chi connectivity index (χ0n) is 13.6. The highest BCUT2D eigenvalue weighted by Gasteiger charge is 2.15. The van der Waals surface area contributed by atoms with Gasteiger partial charge in [0.15, 0.2) is 0 Å². The molecule has 0 amide bonds. The summed E-state index contributed by atoms with van der Waals surface area (Å²) in [4.78, 5) is 13.4. The minimum atomic E-state index is -0.987. The zero-order chi connectivity index (χ0) is 17.2. The number of aromatic nitrogens is 2. The quantitative estimate of drug-likeness (QED) is 0.783. The maximum Gasteiger partial charge on any atom is 0.335 e. The summed E-state index contributed by atoms with van der Waals surface area (Å²) < 4.78 is 5.73.